The first-order valence-corrected chi connectivity index (χ1v) is 11.9. The van der Waals surface area contributed by atoms with Gasteiger partial charge in [0.1, 0.15) is 5.82 Å². The number of rotatable bonds is 11. The Morgan fingerprint density at radius 1 is 1.09 bits per heavy atom. The van der Waals surface area contributed by atoms with Crippen LogP contribution < -0.4 is 5.56 Å². The summed E-state index contributed by atoms with van der Waals surface area (Å²) in [5, 5.41) is 0.593. The summed E-state index contributed by atoms with van der Waals surface area (Å²) in [7, 11) is 1.66. The maximum Gasteiger partial charge on any atom is 0.261 e. The van der Waals surface area contributed by atoms with Crippen LogP contribution >= 0.6 is 0 Å². The Kier molecular flexibility index (Phi) is 8.78. The second kappa shape index (κ2) is 11.8. The lowest BCUT2D eigenvalue weighted by Crippen LogP contribution is -2.38. The van der Waals surface area contributed by atoms with Crippen LogP contribution in [-0.2, 0) is 17.7 Å². The molecule has 2 aromatic carbocycles. The van der Waals surface area contributed by atoms with Crippen molar-refractivity contribution in [1.82, 2.24) is 14.5 Å². The number of carbonyl (C=O) groups is 1. The van der Waals surface area contributed by atoms with Crippen LogP contribution in [0.2, 0.25) is 0 Å². The first-order chi connectivity index (χ1) is 16.0. The maximum absolute atomic E-state index is 13.6. The molecular weight excluding hydrogens is 414 g/mol. The number of hydrogen-bond acceptors (Lipinski definition) is 4. The van der Waals surface area contributed by atoms with Gasteiger partial charge in [0.05, 0.1) is 16.9 Å². The summed E-state index contributed by atoms with van der Waals surface area (Å²) in [5.74, 6) is 0.539. The van der Waals surface area contributed by atoms with Crippen LogP contribution in [0.5, 0.6) is 0 Å². The fourth-order valence-corrected chi connectivity index (χ4v) is 4.16. The first-order valence-electron chi connectivity index (χ1n) is 11.9. The Bertz CT molecular complexity index is 1120. The molecule has 0 N–H and O–H groups in total. The van der Waals surface area contributed by atoms with Gasteiger partial charge in [0.15, 0.2) is 0 Å². The van der Waals surface area contributed by atoms with Gasteiger partial charge in [-0.25, -0.2) is 4.98 Å². The highest BCUT2D eigenvalue weighted by Gasteiger charge is 2.26. The third kappa shape index (κ3) is 5.69. The van der Waals surface area contributed by atoms with Gasteiger partial charge in [-0.2, -0.15) is 0 Å². The SMILES string of the molecule is CCCCc1ccc(C(=O)N(CCCOC)C(C)c2nc3ccccc3c(=O)n2CC)cc1. The number of unbranched alkanes of at least 4 members (excludes halogenated alkanes) is 1. The number of ether oxygens (including phenoxy) is 1. The monoisotopic (exact) mass is 449 g/mol. The van der Waals surface area contributed by atoms with E-state index in [1.165, 1.54) is 5.56 Å². The van der Waals surface area contributed by atoms with E-state index in [9.17, 15) is 9.59 Å². The van der Waals surface area contributed by atoms with Crippen molar-refractivity contribution < 1.29 is 9.53 Å². The molecule has 6 heteroatoms. The van der Waals surface area contributed by atoms with Crippen molar-refractivity contribution in [2.75, 3.05) is 20.3 Å². The van der Waals surface area contributed by atoms with Gasteiger partial charge >= 0.3 is 0 Å². The topological polar surface area (TPSA) is 64.4 Å². The van der Waals surface area contributed by atoms with Crippen LogP contribution in [0.4, 0.5) is 0 Å². The number of hydrogen-bond donors (Lipinski definition) is 0. The quantitative estimate of drug-likeness (QED) is 0.387. The zero-order valence-electron chi connectivity index (χ0n) is 20.2. The summed E-state index contributed by atoms with van der Waals surface area (Å²) < 4.78 is 6.91. The second-order valence-corrected chi connectivity index (χ2v) is 8.36. The molecule has 0 fully saturated rings. The van der Waals surface area contributed by atoms with Gasteiger partial charge in [-0.15, -0.1) is 0 Å². The number of para-hydroxylation sites is 1. The number of carbonyl (C=O) groups excluding carboxylic acids is 1. The van der Waals surface area contributed by atoms with Crippen LogP contribution in [0, 0.1) is 0 Å². The van der Waals surface area contributed by atoms with Crippen LogP contribution in [0.25, 0.3) is 10.9 Å². The highest BCUT2D eigenvalue weighted by Crippen LogP contribution is 2.23. The predicted octanol–water partition coefficient (Wildman–Crippen LogP) is 5.00. The van der Waals surface area contributed by atoms with E-state index in [1.54, 1.807) is 17.7 Å². The summed E-state index contributed by atoms with van der Waals surface area (Å²) in [4.78, 5) is 33.4. The van der Waals surface area contributed by atoms with E-state index in [4.69, 9.17) is 9.72 Å². The molecule has 0 aliphatic carbocycles. The van der Waals surface area contributed by atoms with E-state index < -0.39 is 0 Å². The van der Waals surface area contributed by atoms with E-state index in [1.807, 2.05) is 61.2 Å². The summed E-state index contributed by atoms with van der Waals surface area (Å²) >= 11 is 0. The maximum atomic E-state index is 13.6. The largest absolute Gasteiger partial charge is 0.385 e. The summed E-state index contributed by atoms with van der Waals surface area (Å²) in [5.41, 5.74) is 2.46. The van der Waals surface area contributed by atoms with Gasteiger partial charge in [-0.3, -0.25) is 14.2 Å². The number of benzene rings is 2. The van der Waals surface area contributed by atoms with Crippen molar-refractivity contribution in [3.63, 3.8) is 0 Å². The summed E-state index contributed by atoms with van der Waals surface area (Å²) in [6.07, 6.45) is 3.99. The number of fused-ring (bicyclic) bond motifs is 1. The molecule has 3 rings (SSSR count). The fourth-order valence-electron chi connectivity index (χ4n) is 4.16. The van der Waals surface area contributed by atoms with Gasteiger partial charge in [0.25, 0.3) is 11.5 Å². The standard InChI is InChI=1S/C27H35N3O3/c1-5-7-11-21-14-16-22(17-15-21)26(31)30(18-10-19-33-4)20(3)25-28-24-13-9-8-12-23(24)27(32)29(25)6-2/h8-9,12-17,20H,5-7,10-11,18-19H2,1-4H3. The zero-order chi connectivity index (χ0) is 23.8. The first kappa shape index (κ1) is 24.6. The molecule has 0 aliphatic heterocycles. The van der Waals surface area contributed by atoms with E-state index >= 15 is 0 Å². The third-order valence-electron chi connectivity index (χ3n) is 6.08. The molecule has 0 aliphatic rings. The van der Waals surface area contributed by atoms with E-state index in [0.717, 1.165) is 19.3 Å². The van der Waals surface area contributed by atoms with Crippen molar-refractivity contribution in [2.24, 2.45) is 0 Å². The van der Waals surface area contributed by atoms with Crippen molar-refractivity contribution in [2.45, 2.75) is 59.0 Å². The molecule has 33 heavy (non-hydrogen) atoms. The Labute approximate surface area is 196 Å². The lowest BCUT2D eigenvalue weighted by atomic mass is 10.0. The van der Waals surface area contributed by atoms with Crippen LogP contribution in [-0.4, -0.2) is 40.6 Å². The Balaban J connectivity index is 1.98. The number of aryl methyl sites for hydroxylation is 1. The van der Waals surface area contributed by atoms with Crippen LogP contribution in [0.1, 0.15) is 67.8 Å². The number of amides is 1. The Morgan fingerprint density at radius 3 is 2.48 bits per heavy atom. The van der Waals surface area contributed by atoms with E-state index in [2.05, 4.69) is 6.92 Å². The molecular formula is C27H35N3O3. The predicted molar refractivity (Wildman–Crippen MR) is 133 cm³/mol. The minimum absolute atomic E-state index is 0.0642. The van der Waals surface area contributed by atoms with Gasteiger partial charge in [-0.05, 0) is 62.9 Å². The molecule has 176 valence electrons. The molecule has 0 radical (unpaired) electrons. The fraction of sp³-hybridized carbons (Fsp3) is 0.444. The van der Waals surface area contributed by atoms with Gasteiger partial charge in [-0.1, -0.05) is 37.6 Å². The normalized spacial score (nSPS) is 12.1. The Hall–Kier alpha value is -2.99. The lowest BCUT2D eigenvalue weighted by Gasteiger charge is -2.30. The smallest absolute Gasteiger partial charge is 0.261 e. The molecule has 0 saturated carbocycles. The molecule has 1 unspecified atom stereocenters. The van der Waals surface area contributed by atoms with Crippen LogP contribution in [0.3, 0.4) is 0 Å². The highest BCUT2D eigenvalue weighted by molar-refractivity contribution is 5.94. The lowest BCUT2D eigenvalue weighted by molar-refractivity contribution is 0.0655. The molecule has 1 amide bonds. The third-order valence-corrected chi connectivity index (χ3v) is 6.08. The van der Waals surface area contributed by atoms with Crippen molar-refractivity contribution >= 4 is 16.8 Å². The number of nitrogens with zero attached hydrogens (tertiary/aromatic N) is 3. The minimum atomic E-state index is -0.369. The second-order valence-electron chi connectivity index (χ2n) is 8.36. The molecule has 3 aromatic rings. The molecule has 0 bridgehead atoms. The molecule has 6 nitrogen and oxygen atoms in total. The van der Waals surface area contributed by atoms with Gasteiger partial charge in [0, 0.05) is 32.4 Å². The highest BCUT2D eigenvalue weighted by atomic mass is 16.5. The average molecular weight is 450 g/mol. The summed E-state index contributed by atoms with van der Waals surface area (Å²) in [6, 6.07) is 14.9. The van der Waals surface area contributed by atoms with Crippen molar-refractivity contribution in [3.8, 4) is 0 Å². The average Bonchev–Trinajstić information content (AvgIpc) is 2.85. The zero-order valence-corrected chi connectivity index (χ0v) is 20.2. The number of methoxy groups -OCH3 is 1. The Morgan fingerprint density at radius 2 is 1.82 bits per heavy atom. The van der Waals surface area contributed by atoms with Gasteiger partial charge < -0.3 is 9.64 Å². The molecule has 0 saturated heterocycles. The molecule has 1 heterocycles. The van der Waals surface area contributed by atoms with Gasteiger partial charge in [0.2, 0.25) is 0 Å². The van der Waals surface area contributed by atoms with Crippen molar-refractivity contribution in [1.29, 1.82) is 0 Å². The molecule has 1 atom stereocenters. The van der Waals surface area contributed by atoms with E-state index in [-0.39, 0.29) is 17.5 Å². The minimum Gasteiger partial charge on any atom is -0.385 e. The number of aromatic nitrogens is 2. The summed E-state index contributed by atoms with van der Waals surface area (Å²) in [6.45, 7) is 7.61. The van der Waals surface area contributed by atoms with E-state index in [0.29, 0.717) is 48.4 Å². The van der Waals surface area contributed by atoms with Crippen LogP contribution in [0.15, 0.2) is 53.3 Å². The molecule has 0 spiro atoms. The van der Waals surface area contributed by atoms with Crippen molar-refractivity contribution in [3.05, 3.63) is 75.8 Å². The molecule has 1 aromatic heterocycles.